The van der Waals surface area contributed by atoms with Gasteiger partial charge in [-0.15, -0.1) is 0 Å². The molecule has 0 aliphatic carbocycles. The van der Waals surface area contributed by atoms with Crippen LogP contribution in [0.1, 0.15) is 271 Å². The van der Waals surface area contributed by atoms with Gasteiger partial charge in [0.15, 0.2) is 0 Å². The van der Waals surface area contributed by atoms with Crippen molar-refractivity contribution in [1.29, 1.82) is 0 Å². The summed E-state index contributed by atoms with van der Waals surface area (Å²) in [6, 6.07) is -0.637. The summed E-state index contributed by atoms with van der Waals surface area (Å²) in [5.41, 5.74) is 0. The van der Waals surface area contributed by atoms with Gasteiger partial charge in [0.25, 0.3) is 0 Å². The third kappa shape index (κ3) is 42.2. The zero-order valence-corrected chi connectivity index (χ0v) is 37.6. The third-order valence-electron chi connectivity index (χ3n) is 11.6. The van der Waals surface area contributed by atoms with Gasteiger partial charge in [0.05, 0.1) is 25.4 Å². The topological polar surface area (TPSA) is 95.9 Å². The number of nitrogens with one attached hydrogen (secondary N) is 1. The number of allylic oxidation sites excluding steroid dienone is 1. The van der Waals surface area contributed by atoms with Crippen LogP contribution in [0.5, 0.6) is 0 Å². The van der Waals surface area contributed by atoms with Crippen LogP contribution in [0, 0.1) is 0 Å². The van der Waals surface area contributed by atoms with Crippen LogP contribution in [-0.2, 0) is 14.3 Å². The van der Waals surface area contributed by atoms with Gasteiger partial charge in [0.2, 0.25) is 5.91 Å². The number of carbonyl (C=O) groups is 2. The third-order valence-corrected chi connectivity index (χ3v) is 11.6. The van der Waals surface area contributed by atoms with Gasteiger partial charge in [0, 0.05) is 12.8 Å². The van der Waals surface area contributed by atoms with Crippen LogP contribution in [0.4, 0.5) is 0 Å². The first kappa shape index (κ1) is 54.6. The van der Waals surface area contributed by atoms with Gasteiger partial charge in [-0.25, -0.2) is 0 Å². The maximum Gasteiger partial charge on any atom is 0.305 e. The van der Waals surface area contributed by atoms with Gasteiger partial charge >= 0.3 is 5.97 Å². The number of aliphatic hydroxyl groups excluding tert-OH is 2. The Hall–Kier alpha value is -1.40. The Morgan fingerprint density at radius 1 is 0.482 bits per heavy atom. The average Bonchev–Trinajstić information content (AvgIpc) is 3.20. The fourth-order valence-electron chi connectivity index (χ4n) is 7.69. The molecule has 0 aromatic rings. The Kier molecular flexibility index (Phi) is 45.1. The van der Waals surface area contributed by atoms with Crippen LogP contribution in [0.3, 0.4) is 0 Å². The summed E-state index contributed by atoms with van der Waals surface area (Å²) in [5, 5.41) is 23.0. The van der Waals surface area contributed by atoms with E-state index in [2.05, 4.69) is 19.2 Å². The molecular weight excluding hydrogens is 695 g/mol. The zero-order valence-electron chi connectivity index (χ0n) is 37.6. The Morgan fingerprint density at radius 3 is 1.21 bits per heavy atom. The van der Waals surface area contributed by atoms with E-state index in [-0.39, 0.29) is 18.5 Å². The fourth-order valence-corrected chi connectivity index (χ4v) is 7.69. The molecule has 56 heavy (non-hydrogen) atoms. The van der Waals surface area contributed by atoms with Crippen LogP contribution in [-0.4, -0.2) is 47.4 Å². The number of ether oxygens (including phenoxy) is 1. The molecule has 0 radical (unpaired) electrons. The number of esters is 1. The van der Waals surface area contributed by atoms with Crippen molar-refractivity contribution in [2.24, 2.45) is 0 Å². The molecule has 0 aromatic carbocycles. The molecule has 0 bridgehead atoms. The number of aliphatic hydroxyl groups is 2. The molecule has 6 heteroatoms. The van der Waals surface area contributed by atoms with Gasteiger partial charge in [-0.05, 0) is 32.1 Å². The molecule has 1 amide bonds. The number of hydrogen-bond donors (Lipinski definition) is 3. The molecule has 0 rings (SSSR count). The van der Waals surface area contributed by atoms with Gasteiger partial charge in [-0.2, -0.15) is 0 Å². The largest absolute Gasteiger partial charge is 0.466 e. The second-order valence-corrected chi connectivity index (χ2v) is 17.2. The zero-order chi connectivity index (χ0) is 40.8. The van der Waals surface area contributed by atoms with Gasteiger partial charge in [-0.1, -0.05) is 238 Å². The molecule has 0 saturated heterocycles. The number of carbonyl (C=O) groups excluding carboxylic acids is 2. The van der Waals surface area contributed by atoms with E-state index in [1.165, 1.54) is 186 Å². The van der Waals surface area contributed by atoms with E-state index in [1.807, 2.05) is 6.08 Å². The molecule has 0 heterocycles. The minimum atomic E-state index is -0.852. The van der Waals surface area contributed by atoms with Crippen molar-refractivity contribution in [1.82, 2.24) is 5.32 Å². The predicted molar refractivity (Wildman–Crippen MR) is 241 cm³/mol. The minimum Gasteiger partial charge on any atom is -0.466 e. The number of unbranched alkanes of at least 4 members (excludes halogenated alkanes) is 35. The predicted octanol–water partition coefficient (Wildman–Crippen LogP) is 14.6. The van der Waals surface area contributed by atoms with E-state index >= 15 is 0 Å². The molecule has 2 unspecified atom stereocenters. The lowest BCUT2D eigenvalue weighted by atomic mass is 10.0. The van der Waals surface area contributed by atoms with Crippen LogP contribution >= 0.6 is 0 Å². The van der Waals surface area contributed by atoms with Crippen LogP contribution in [0.2, 0.25) is 0 Å². The van der Waals surface area contributed by atoms with Crippen molar-refractivity contribution in [2.45, 2.75) is 283 Å². The summed E-state index contributed by atoms with van der Waals surface area (Å²) in [7, 11) is 0. The molecule has 6 nitrogen and oxygen atoms in total. The van der Waals surface area contributed by atoms with Crippen molar-refractivity contribution in [3.05, 3.63) is 12.2 Å². The molecule has 0 aliphatic rings. The molecule has 0 aliphatic heterocycles. The van der Waals surface area contributed by atoms with Gasteiger partial charge in [0.1, 0.15) is 0 Å². The highest BCUT2D eigenvalue weighted by Gasteiger charge is 2.18. The second-order valence-electron chi connectivity index (χ2n) is 17.2. The Bertz CT molecular complexity index is 832. The number of amides is 1. The Morgan fingerprint density at radius 2 is 0.821 bits per heavy atom. The fraction of sp³-hybridized carbons (Fsp3) is 0.920. The Labute approximate surface area is 349 Å². The van der Waals surface area contributed by atoms with Crippen molar-refractivity contribution < 1.29 is 24.5 Å². The van der Waals surface area contributed by atoms with Crippen LogP contribution < -0.4 is 5.32 Å². The number of rotatable bonds is 46. The van der Waals surface area contributed by atoms with Crippen molar-refractivity contribution >= 4 is 11.9 Å². The molecular formula is C50H97NO5. The molecule has 0 aromatic heterocycles. The standard InChI is InChI=1S/C50H97NO5/c1-3-5-7-9-11-13-15-17-19-24-28-32-36-40-44-50(55)56-45-41-37-33-29-25-21-20-23-27-31-35-39-43-49(54)51-47(46-52)48(53)42-38-34-30-26-22-18-16-14-12-10-8-6-4-2/h38,42,47-48,52-53H,3-37,39-41,43-46H2,1-2H3,(H,51,54)/b42-38+. The lowest BCUT2D eigenvalue weighted by Gasteiger charge is -2.20. The lowest BCUT2D eigenvalue weighted by Crippen LogP contribution is -2.45. The summed E-state index contributed by atoms with van der Waals surface area (Å²) in [5.74, 6) is -0.0918. The van der Waals surface area contributed by atoms with Crippen LogP contribution in [0.15, 0.2) is 12.2 Å². The molecule has 2 atom stereocenters. The van der Waals surface area contributed by atoms with Crippen molar-refractivity contribution in [3.8, 4) is 0 Å². The molecule has 332 valence electrons. The monoisotopic (exact) mass is 792 g/mol. The first-order chi connectivity index (χ1) is 27.5. The van der Waals surface area contributed by atoms with Gasteiger partial charge < -0.3 is 20.3 Å². The quantitative estimate of drug-likeness (QED) is 0.0324. The summed E-state index contributed by atoms with van der Waals surface area (Å²) >= 11 is 0. The van der Waals surface area contributed by atoms with E-state index in [0.29, 0.717) is 19.4 Å². The first-order valence-electron chi connectivity index (χ1n) is 25.0. The highest BCUT2D eigenvalue weighted by atomic mass is 16.5. The summed E-state index contributed by atoms with van der Waals surface area (Å²) in [6.07, 6.45) is 52.0. The van der Waals surface area contributed by atoms with Crippen LogP contribution in [0.25, 0.3) is 0 Å². The molecule has 3 N–H and O–H groups in total. The van der Waals surface area contributed by atoms with E-state index < -0.39 is 12.1 Å². The average molecular weight is 792 g/mol. The second kappa shape index (κ2) is 46.3. The van der Waals surface area contributed by atoms with E-state index in [9.17, 15) is 19.8 Å². The van der Waals surface area contributed by atoms with E-state index in [4.69, 9.17) is 4.74 Å². The summed E-state index contributed by atoms with van der Waals surface area (Å²) < 4.78 is 5.46. The first-order valence-corrected chi connectivity index (χ1v) is 25.0. The Balaban J connectivity index is 3.48. The normalized spacial score (nSPS) is 12.7. The highest BCUT2D eigenvalue weighted by molar-refractivity contribution is 5.76. The highest BCUT2D eigenvalue weighted by Crippen LogP contribution is 2.16. The maximum absolute atomic E-state index is 12.4. The number of hydrogen-bond acceptors (Lipinski definition) is 5. The SMILES string of the molecule is CCCCCCCCCCCCC/C=C/C(O)C(CO)NC(=O)CCCCCCCCCCCCCCOC(=O)CCCCCCCCCCCCCCCC. The molecule has 0 saturated carbocycles. The summed E-state index contributed by atoms with van der Waals surface area (Å²) in [6.45, 7) is 4.87. The smallest absolute Gasteiger partial charge is 0.305 e. The molecule has 0 spiro atoms. The maximum atomic E-state index is 12.4. The van der Waals surface area contributed by atoms with E-state index in [1.54, 1.807) is 6.08 Å². The molecule has 0 fully saturated rings. The summed E-state index contributed by atoms with van der Waals surface area (Å²) in [4.78, 5) is 24.4. The van der Waals surface area contributed by atoms with Crippen molar-refractivity contribution in [2.75, 3.05) is 13.2 Å². The minimum absolute atomic E-state index is 0.00869. The van der Waals surface area contributed by atoms with Gasteiger partial charge in [-0.3, -0.25) is 9.59 Å². The van der Waals surface area contributed by atoms with Crippen molar-refractivity contribution in [3.63, 3.8) is 0 Å². The van der Waals surface area contributed by atoms with E-state index in [0.717, 1.165) is 57.8 Å². The lowest BCUT2D eigenvalue weighted by molar-refractivity contribution is -0.143.